The lowest BCUT2D eigenvalue weighted by Crippen LogP contribution is -1.80. The quantitative estimate of drug-likeness (QED) is 0.603. The van der Waals surface area contributed by atoms with Crippen LogP contribution in [0.2, 0.25) is 0 Å². The van der Waals surface area contributed by atoms with E-state index in [1.807, 2.05) is 60.7 Å². The molecule has 0 saturated carbocycles. The van der Waals surface area contributed by atoms with Gasteiger partial charge in [0.05, 0.1) is 23.3 Å². The lowest BCUT2D eigenvalue weighted by Gasteiger charge is -1.98. The van der Waals surface area contributed by atoms with Crippen molar-refractivity contribution >= 4 is 23.3 Å². The van der Waals surface area contributed by atoms with Crippen LogP contribution in [0.4, 0.5) is 0 Å². The van der Waals surface area contributed by atoms with Gasteiger partial charge in [-0.25, -0.2) is 0 Å². The van der Waals surface area contributed by atoms with Gasteiger partial charge in [0, 0.05) is 0 Å². The summed E-state index contributed by atoms with van der Waals surface area (Å²) in [6.45, 7) is 0. The molecule has 118 valence electrons. The molecule has 0 amide bonds. The van der Waals surface area contributed by atoms with Gasteiger partial charge in [-0.05, 0) is 35.4 Å². The Kier molecular flexibility index (Phi) is 4.90. The molecule has 0 aliphatic heterocycles. The highest BCUT2D eigenvalue weighted by atomic mass is 16.3. The second-order valence-corrected chi connectivity index (χ2v) is 5.31. The van der Waals surface area contributed by atoms with Gasteiger partial charge in [-0.3, -0.25) is 0 Å². The van der Waals surface area contributed by atoms with Crippen molar-refractivity contribution in [2.75, 3.05) is 0 Å². The van der Waals surface area contributed by atoms with E-state index in [2.05, 4.69) is 12.1 Å². The number of rotatable bonds is 4. The van der Waals surface area contributed by atoms with E-state index >= 15 is 0 Å². The third-order valence-corrected chi connectivity index (χ3v) is 3.63. The minimum absolute atomic E-state index is 0.522. The normalized spacial score (nSPS) is 11.6. The average molecular weight is 322 g/mol. The number of hydrogen-bond acceptors (Lipinski definition) is 3. The van der Waals surface area contributed by atoms with Crippen molar-refractivity contribution in [3.8, 4) is 12.1 Å². The Labute approximate surface area is 146 Å². The SMILES string of the molecule is N#C/C(=C\c1ccc(/C=C(\C#N)c2ccccc2)o1)c1ccccc1. The molecule has 0 radical (unpaired) electrons. The highest BCUT2D eigenvalue weighted by Crippen LogP contribution is 2.22. The molecule has 0 fully saturated rings. The van der Waals surface area contributed by atoms with Gasteiger partial charge < -0.3 is 4.42 Å². The van der Waals surface area contributed by atoms with E-state index in [-0.39, 0.29) is 0 Å². The van der Waals surface area contributed by atoms with Crippen LogP contribution >= 0.6 is 0 Å². The van der Waals surface area contributed by atoms with Crippen molar-refractivity contribution in [1.82, 2.24) is 0 Å². The first-order valence-electron chi connectivity index (χ1n) is 7.74. The fraction of sp³-hybridized carbons (Fsp3) is 0. The molecule has 3 nitrogen and oxygen atoms in total. The summed E-state index contributed by atoms with van der Waals surface area (Å²) in [6, 6.07) is 26.8. The van der Waals surface area contributed by atoms with Crippen LogP contribution in [0.15, 0.2) is 77.2 Å². The van der Waals surface area contributed by atoms with Crippen LogP contribution in [0.5, 0.6) is 0 Å². The zero-order valence-corrected chi connectivity index (χ0v) is 13.4. The average Bonchev–Trinajstić information content (AvgIpc) is 3.12. The van der Waals surface area contributed by atoms with E-state index in [1.54, 1.807) is 24.3 Å². The number of nitrogens with zero attached hydrogens (tertiary/aromatic N) is 2. The first-order chi connectivity index (χ1) is 12.3. The highest BCUT2D eigenvalue weighted by molar-refractivity contribution is 5.90. The first-order valence-corrected chi connectivity index (χ1v) is 7.74. The number of allylic oxidation sites excluding steroid dienone is 2. The number of hydrogen-bond donors (Lipinski definition) is 0. The van der Waals surface area contributed by atoms with Gasteiger partial charge in [0.2, 0.25) is 0 Å². The maximum absolute atomic E-state index is 9.36. The Morgan fingerprint density at radius 2 is 1.04 bits per heavy atom. The molecule has 0 saturated heterocycles. The minimum atomic E-state index is 0.522. The maximum Gasteiger partial charge on any atom is 0.128 e. The second-order valence-electron chi connectivity index (χ2n) is 5.31. The summed E-state index contributed by atoms with van der Waals surface area (Å²) in [6.07, 6.45) is 3.39. The first kappa shape index (κ1) is 16.1. The van der Waals surface area contributed by atoms with Gasteiger partial charge >= 0.3 is 0 Å². The molecule has 0 spiro atoms. The lowest BCUT2D eigenvalue weighted by atomic mass is 10.1. The topological polar surface area (TPSA) is 60.7 Å². The molecule has 0 aliphatic rings. The van der Waals surface area contributed by atoms with Crippen molar-refractivity contribution in [2.24, 2.45) is 0 Å². The largest absolute Gasteiger partial charge is 0.457 e. The lowest BCUT2D eigenvalue weighted by molar-refractivity contribution is 0.547. The zero-order valence-electron chi connectivity index (χ0n) is 13.4. The van der Waals surface area contributed by atoms with Crippen LogP contribution in [0.3, 0.4) is 0 Å². The second kappa shape index (κ2) is 7.64. The predicted molar refractivity (Wildman–Crippen MR) is 98.6 cm³/mol. The predicted octanol–water partition coefficient (Wildman–Crippen LogP) is 5.41. The van der Waals surface area contributed by atoms with Gasteiger partial charge in [-0.15, -0.1) is 0 Å². The molecule has 3 rings (SSSR count). The molecular formula is C22H14N2O. The van der Waals surface area contributed by atoms with E-state index in [4.69, 9.17) is 4.42 Å². The van der Waals surface area contributed by atoms with Gasteiger partial charge in [0.25, 0.3) is 0 Å². The third kappa shape index (κ3) is 3.93. The van der Waals surface area contributed by atoms with Gasteiger partial charge in [0.15, 0.2) is 0 Å². The van der Waals surface area contributed by atoms with Crippen LogP contribution in [-0.2, 0) is 0 Å². The molecule has 0 aliphatic carbocycles. The fourth-order valence-electron chi connectivity index (χ4n) is 2.40. The summed E-state index contributed by atoms with van der Waals surface area (Å²) in [5.74, 6) is 1.13. The van der Waals surface area contributed by atoms with Crippen LogP contribution in [-0.4, -0.2) is 0 Å². The van der Waals surface area contributed by atoms with E-state index in [9.17, 15) is 10.5 Å². The van der Waals surface area contributed by atoms with Crippen molar-refractivity contribution < 1.29 is 4.42 Å². The molecule has 25 heavy (non-hydrogen) atoms. The van der Waals surface area contributed by atoms with Crippen molar-refractivity contribution in [2.45, 2.75) is 0 Å². The standard InChI is InChI=1S/C22H14N2O/c23-15-19(17-7-3-1-4-8-17)13-21-11-12-22(25-21)14-20(16-24)18-9-5-2-6-10-18/h1-14H/b19-13+,20-14+. The summed E-state index contributed by atoms with van der Waals surface area (Å²) < 4.78 is 5.74. The summed E-state index contributed by atoms with van der Waals surface area (Å²) in [7, 11) is 0. The summed E-state index contributed by atoms with van der Waals surface area (Å²) in [5, 5.41) is 18.7. The van der Waals surface area contributed by atoms with Crippen molar-refractivity contribution in [1.29, 1.82) is 10.5 Å². The highest BCUT2D eigenvalue weighted by Gasteiger charge is 2.05. The third-order valence-electron chi connectivity index (χ3n) is 3.63. The smallest absolute Gasteiger partial charge is 0.128 e. The van der Waals surface area contributed by atoms with Gasteiger partial charge in [-0.1, -0.05) is 60.7 Å². The van der Waals surface area contributed by atoms with Crippen LogP contribution in [0.1, 0.15) is 22.6 Å². The molecular weight excluding hydrogens is 308 g/mol. The Bertz CT molecular complexity index is 915. The van der Waals surface area contributed by atoms with E-state index in [1.165, 1.54) is 0 Å². The van der Waals surface area contributed by atoms with Crippen molar-refractivity contribution in [3.63, 3.8) is 0 Å². The van der Waals surface area contributed by atoms with E-state index in [0.29, 0.717) is 22.7 Å². The molecule has 2 aromatic carbocycles. The number of furan rings is 1. The van der Waals surface area contributed by atoms with Gasteiger partial charge in [0.1, 0.15) is 11.5 Å². The van der Waals surface area contributed by atoms with Crippen LogP contribution in [0, 0.1) is 22.7 Å². The molecule has 0 atom stereocenters. The van der Waals surface area contributed by atoms with Gasteiger partial charge in [-0.2, -0.15) is 10.5 Å². The number of nitriles is 2. The minimum Gasteiger partial charge on any atom is -0.457 e. The Hall–Kier alpha value is -3.82. The molecule has 1 heterocycles. The molecule has 0 unspecified atom stereocenters. The number of benzene rings is 2. The van der Waals surface area contributed by atoms with E-state index in [0.717, 1.165) is 11.1 Å². The summed E-state index contributed by atoms with van der Waals surface area (Å²) >= 11 is 0. The molecule has 0 N–H and O–H groups in total. The maximum atomic E-state index is 9.36. The summed E-state index contributed by atoms with van der Waals surface area (Å²) in [4.78, 5) is 0. The van der Waals surface area contributed by atoms with Crippen molar-refractivity contribution in [3.05, 3.63) is 95.4 Å². The zero-order chi connectivity index (χ0) is 17.5. The fourth-order valence-corrected chi connectivity index (χ4v) is 2.40. The van der Waals surface area contributed by atoms with Crippen LogP contribution in [0.25, 0.3) is 23.3 Å². The molecule has 3 aromatic rings. The summed E-state index contributed by atoms with van der Waals surface area (Å²) in [5.41, 5.74) is 2.71. The Balaban J connectivity index is 1.90. The van der Waals surface area contributed by atoms with E-state index < -0.39 is 0 Å². The molecule has 1 aromatic heterocycles. The Morgan fingerprint density at radius 1 is 0.640 bits per heavy atom. The Morgan fingerprint density at radius 3 is 1.40 bits per heavy atom. The molecule has 3 heteroatoms. The molecule has 0 bridgehead atoms. The van der Waals surface area contributed by atoms with Crippen LogP contribution < -0.4 is 0 Å². The monoisotopic (exact) mass is 322 g/mol.